The number of nitrogens with one attached hydrogen (secondary N) is 1. The summed E-state index contributed by atoms with van der Waals surface area (Å²) in [5.74, 6) is 0.441. The smallest absolute Gasteiger partial charge is 0.417 e. The number of anilines is 1. The van der Waals surface area contributed by atoms with Gasteiger partial charge in [0.25, 0.3) is 0 Å². The van der Waals surface area contributed by atoms with Crippen LogP contribution in [0.3, 0.4) is 0 Å². The molecule has 0 saturated carbocycles. The standard InChI is InChI=1S/C22H19N3O4S/c23-13-18-17-7-5-15(14-29-22(27)25-9-1-2-10-25)12-19(17)30-21(18)24-20(26)8-6-16-4-3-11-28-16/h1-4,6,8-11,15H,5,7,12,14H2,(H,24,26)/b8-6+. The first-order chi connectivity index (χ1) is 14.6. The van der Waals surface area contributed by atoms with Crippen LogP contribution in [-0.4, -0.2) is 23.2 Å². The lowest BCUT2D eigenvalue weighted by Gasteiger charge is -2.21. The van der Waals surface area contributed by atoms with Gasteiger partial charge in [0.1, 0.15) is 16.8 Å². The first-order valence-electron chi connectivity index (χ1n) is 9.51. The first kappa shape index (κ1) is 19.7. The van der Waals surface area contributed by atoms with E-state index in [1.165, 1.54) is 28.2 Å². The quantitative estimate of drug-likeness (QED) is 0.614. The zero-order chi connectivity index (χ0) is 20.9. The highest BCUT2D eigenvalue weighted by Gasteiger charge is 2.27. The molecule has 1 amide bonds. The van der Waals surface area contributed by atoms with E-state index in [1.807, 2.05) is 0 Å². The van der Waals surface area contributed by atoms with Gasteiger partial charge in [-0.3, -0.25) is 9.36 Å². The van der Waals surface area contributed by atoms with Crippen LogP contribution in [0, 0.1) is 17.2 Å². The second-order valence-corrected chi connectivity index (χ2v) is 8.04. The summed E-state index contributed by atoms with van der Waals surface area (Å²) in [7, 11) is 0. The minimum absolute atomic E-state index is 0.185. The maximum Gasteiger partial charge on any atom is 0.417 e. The monoisotopic (exact) mass is 421 g/mol. The van der Waals surface area contributed by atoms with Gasteiger partial charge in [0.2, 0.25) is 5.91 Å². The van der Waals surface area contributed by atoms with Gasteiger partial charge in [-0.05, 0) is 61.1 Å². The van der Waals surface area contributed by atoms with Crippen molar-refractivity contribution < 1.29 is 18.7 Å². The van der Waals surface area contributed by atoms with E-state index in [0.717, 1.165) is 23.3 Å². The van der Waals surface area contributed by atoms with Crippen molar-refractivity contribution >= 4 is 34.4 Å². The van der Waals surface area contributed by atoms with Crippen LogP contribution in [-0.2, 0) is 22.4 Å². The number of amides is 1. The number of hydrogen-bond donors (Lipinski definition) is 1. The van der Waals surface area contributed by atoms with Crippen molar-refractivity contribution in [1.82, 2.24) is 4.57 Å². The molecule has 0 radical (unpaired) electrons. The fraction of sp³-hybridized carbons (Fsp3) is 0.227. The van der Waals surface area contributed by atoms with Crippen molar-refractivity contribution in [3.8, 4) is 6.07 Å². The van der Waals surface area contributed by atoms with Crippen LogP contribution in [0.1, 0.15) is 28.2 Å². The summed E-state index contributed by atoms with van der Waals surface area (Å²) in [6.07, 6.45) is 9.64. The van der Waals surface area contributed by atoms with Gasteiger partial charge in [-0.2, -0.15) is 5.26 Å². The molecule has 1 N–H and O–H groups in total. The van der Waals surface area contributed by atoms with Gasteiger partial charge < -0.3 is 14.5 Å². The van der Waals surface area contributed by atoms with E-state index in [9.17, 15) is 14.9 Å². The summed E-state index contributed by atoms with van der Waals surface area (Å²) in [5.41, 5.74) is 1.51. The van der Waals surface area contributed by atoms with Crippen molar-refractivity contribution in [2.45, 2.75) is 19.3 Å². The highest BCUT2D eigenvalue weighted by molar-refractivity contribution is 7.16. The molecule has 0 aromatic carbocycles. The van der Waals surface area contributed by atoms with Crippen LogP contribution in [0.25, 0.3) is 6.08 Å². The van der Waals surface area contributed by atoms with Gasteiger partial charge in [-0.1, -0.05) is 0 Å². The second-order valence-electron chi connectivity index (χ2n) is 6.93. The number of thiophene rings is 1. The number of carbonyl (C=O) groups excluding carboxylic acids is 2. The van der Waals surface area contributed by atoms with Gasteiger partial charge in [0.15, 0.2) is 0 Å². The second kappa shape index (κ2) is 8.84. The van der Waals surface area contributed by atoms with E-state index >= 15 is 0 Å². The largest absolute Gasteiger partial charge is 0.465 e. The molecule has 8 heteroatoms. The molecule has 0 saturated heterocycles. The zero-order valence-electron chi connectivity index (χ0n) is 16.0. The van der Waals surface area contributed by atoms with Crippen LogP contribution >= 0.6 is 11.3 Å². The number of nitriles is 1. The third-order valence-electron chi connectivity index (χ3n) is 4.92. The third-order valence-corrected chi connectivity index (χ3v) is 6.09. The molecule has 152 valence electrons. The van der Waals surface area contributed by atoms with Gasteiger partial charge >= 0.3 is 6.09 Å². The van der Waals surface area contributed by atoms with E-state index in [0.29, 0.717) is 29.4 Å². The molecule has 1 atom stereocenters. The number of fused-ring (bicyclic) bond motifs is 1. The Bertz CT molecular complexity index is 1100. The molecule has 0 fully saturated rings. The number of aromatic nitrogens is 1. The van der Waals surface area contributed by atoms with E-state index in [-0.39, 0.29) is 11.8 Å². The molecule has 0 aliphatic heterocycles. The lowest BCUT2D eigenvalue weighted by atomic mass is 9.88. The Morgan fingerprint density at radius 1 is 1.37 bits per heavy atom. The average molecular weight is 421 g/mol. The molecule has 3 aromatic rings. The Labute approximate surface area is 177 Å². The molecule has 3 aromatic heterocycles. The maximum absolute atomic E-state index is 12.2. The van der Waals surface area contributed by atoms with E-state index < -0.39 is 6.09 Å². The van der Waals surface area contributed by atoms with Crippen LogP contribution < -0.4 is 5.32 Å². The molecule has 0 bridgehead atoms. The normalized spacial score (nSPS) is 15.5. The number of hydrogen-bond acceptors (Lipinski definition) is 6. The van der Waals surface area contributed by atoms with Crippen molar-refractivity contribution in [3.05, 3.63) is 70.8 Å². The van der Waals surface area contributed by atoms with E-state index in [1.54, 1.807) is 42.7 Å². The minimum Gasteiger partial charge on any atom is -0.465 e. The lowest BCUT2D eigenvalue weighted by molar-refractivity contribution is -0.111. The molecule has 7 nitrogen and oxygen atoms in total. The number of ether oxygens (including phenoxy) is 1. The van der Waals surface area contributed by atoms with Gasteiger partial charge in [0.05, 0.1) is 18.4 Å². The fourth-order valence-electron chi connectivity index (χ4n) is 3.42. The Morgan fingerprint density at radius 2 is 2.20 bits per heavy atom. The molecule has 1 unspecified atom stereocenters. The highest BCUT2D eigenvalue weighted by Crippen LogP contribution is 2.39. The van der Waals surface area contributed by atoms with Crippen molar-refractivity contribution in [1.29, 1.82) is 5.26 Å². The van der Waals surface area contributed by atoms with E-state index in [2.05, 4.69) is 11.4 Å². The Balaban J connectivity index is 1.40. The molecule has 1 aliphatic carbocycles. The molecule has 4 rings (SSSR count). The van der Waals surface area contributed by atoms with Crippen LogP contribution in [0.15, 0.2) is 53.4 Å². The Kier molecular flexibility index (Phi) is 5.82. The highest BCUT2D eigenvalue weighted by atomic mass is 32.1. The molecular formula is C22H19N3O4S. The molecule has 0 spiro atoms. The topological polar surface area (TPSA) is 97.3 Å². The predicted molar refractivity (Wildman–Crippen MR) is 112 cm³/mol. The molecular weight excluding hydrogens is 402 g/mol. The zero-order valence-corrected chi connectivity index (χ0v) is 16.9. The van der Waals surface area contributed by atoms with Gasteiger partial charge in [0, 0.05) is 23.3 Å². The minimum atomic E-state index is -0.397. The van der Waals surface area contributed by atoms with Crippen LogP contribution in [0.5, 0.6) is 0 Å². The Hall–Kier alpha value is -3.57. The summed E-state index contributed by atoms with van der Waals surface area (Å²) in [5, 5.41) is 13.0. The van der Waals surface area contributed by atoms with E-state index in [4.69, 9.17) is 9.15 Å². The van der Waals surface area contributed by atoms with Crippen molar-refractivity contribution in [2.24, 2.45) is 5.92 Å². The number of carbonyl (C=O) groups is 2. The number of furan rings is 1. The molecule has 1 aliphatic rings. The third kappa shape index (κ3) is 4.36. The van der Waals surface area contributed by atoms with Crippen molar-refractivity contribution in [3.63, 3.8) is 0 Å². The average Bonchev–Trinajstić information content (AvgIpc) is 3.51. The summed E-state index contributed by atoms with van der Waals surface area (Å²) < 4.78 is 12.0. The summed E-state index contributed by atoms with van der Waals surface area (Å²) >= 11 is 1.42. The molecule has 3 heterocycles. The fourth-order valence-corrected chi connectivity index (χ4v) is 4.74. The Morgan fingerprint density at radius 3 is 2.93 bits per heavy atom. The summed E-state index contributed by atoms with van der Waals surface area (Å²) in [4.78, 5) is 25.3. The maximum atomic E-state index is 12.2. The van der Waals surface area contributed by atoms with Crippen LogP contribution in [0.4, 0.5) is 9.80 Å². The van der Waals surface area contributed by atoms with Crippen molar-refractivity contribution in [2.75, 3.05) is 11.9 Å². The van der Waals surface area contributed by atoms with Crippen LogP contribution in [0.2, 0.25) is 0 Å². The first-order valence-corrected chi connectivity index (χ1v) is 10.3. The number of nitrogens with zero attached hydrogens (tertiary/aromatic N) is 2. The number of rotatable bonds is 5. The summed E-state index contributed by atoms with van der Waals surface area (Å²) in [6.45, 7) is 0.323. The SMILES string of the molecule is N#Cc1c(NC(=O)/C=C/c2ccco2)sc2c1CCC(COC(=O)n1cccc1)C2. The summed E-state index contributed by atoms with van der Waals surface area (Å²) in [6, 6.07) is 9.25. The predicted octanol–water partition coefficient (Wildman–Crippen LogP) is 4.46. The van der Waals surface area contributed by atoms with Gasteiger partial charge in [-0.15, -0.1) is 11.3 Å². The lowest BCUT2D eigenvalue weighted by Crippen LogP contribution is -2.22. The molecule has 30 heavy (non-hydrogen) atoms. The van der Waals surface area contributed by atoms with Gasteiger partial charge in [-0.25, -0.2) is 4.79 Å².